The third-order valence-electron chi connectivity index (χ3n) is 5.03. The van der Waals surface area contributed by atoms with Gasteiger partial charge in [-0.2, -0.15) is 0 Å². The van der Waals surface area contributed by atoms with Crippen LogP contribution >= 0.6 is 0 Å². The molecule has 1 aliphatic carbocycles. The minimum absolute atomic E-state index is 0.174. The van der Waals surface area contributed by atoms with Gasteiger partial charge < -0.3 is 9.72 Å². The lowest BCUT2D eigenvalue weighted by atomic mass is 9.85. The van der Waals surface area contributed by atoms with Gasteiger partial charge in [-0.05, 0) is 33.6 Å². The number of carbonyl (C=O) groups excluding carboxylic acids is 4. The van der Waals surface area contributed by atoms with Crippen LogP contribution in [-0.4, -0.2) is 46.6 Å². The number of nitrogens with one attached hydrogen (secondary N) is 1. The first-order chi connectivity index (χ1) is 12.4. The number of aryl methyl sites for hydroxylation is 2. The number of likely N-dealkylation sites (tertiary alicyclic amines) is 1. The first kappa shape index (κ1) is 18.1. The summed E-state index contributed by atoms with van der Waals surface area (Å²) < 4.78 is 5.04. The molecule has 1 aliphatic heterocycles. The van der Waals surface area contributed by atoms with Gasteiger partial charge in [-0.3, -0.25) is 19.3 Å². The fourth-order valence-corrected chi connectivity index (χ4v) is 3.84. The molecule has 0 spiro atoms. The van der Waals surface area contributed by atoms with E-state index in [4.69, 9.17) is 4.74 Å². The van der Waals surface area contributed by atoms with E-state index in [0.29, 0.717) is 24.2 Å². The van der Waals surface area contributed by atoms with Gasteiger partial charge in [0.1, 0.15) is 0 Å². The summed E-state index contributed by atoms with van der Waals surface area (Å²) in [5.74, 6) is -2.39. The Bertz CT molecular complexity index is 794. The topological polar surface area (TPSA) is 96.5 Å². The van der Waals surface area contributed by atoms with E-state index >= 15 is 0 Å². The average Bonchev–Trinajstić information content (AvgIpc) is 3.04. The van der Waals surface area contributed by atoms with Crippen molar-refractivity contribution in [3.8, 4) is 0 Å². The van der Waals surface area contributed by atoms with Crippen LogP contribution in [0, 0.1) is 25.7 Å². The monoisotopic (exact) mass is 358 g/mol. The lowest BCUT2D eigenvalue weighted by molar-refractivity contribution is -0.139. The van der Waals surface area contributed by atoms with Crippen LogP contribution in [0.2, 0.25) is 0 Å². The molecular formula is C19H22N2O5. The second kappa shape index (κ2) is 6.90. The lowest BCUT2D eigenvalue weighted by Crippen LogP contribution is -2.36. The summed E-state index contributed by atoms with van der Waals surface area (Å²) in [6.45, 7) is 4.89. The lowest BCUT2D eigenvalue weighted by Gasteiger charge is -2.14. The van der Waals surface area contributed by atoms with E-state index in [-0.39, 0.29) is 47.9 Å². The number of ether oxygens (including phenoxy) is 1. The summed E-state index contributed by atoms with van der Waals surface area (Å²) >= 11 is 0. The summed E-state index contributed by atoms with van der Waals surface area (Å²) in [4.78, 5) is 54.2. The maximum Gasteiger partial charge on any atom is 0.340 e. The Morgan fingerprint density at radius 3 is 2.15 bits per heavy atom. The van der Waals surface area contributed by atoms with Crippen molar-refractivity contribution in [2.45, 2.75) is 33.6 Å². The number of allylic oxidation sites excluding steroid dienone is 2. The highest BCUT2D eigenvalue weighted by Gasteiger charge is 2.48. The summed E-state index contributed by atoms with van der Waals surface area (Å²) in [7, 11) is 0. The van der Waals surface area contributed by atoms with Gasteiger partial charge in [0.25, 0.3) is 0 Å². The Labute approximate surface area is 151 Å². The number of carbonyl (C=O) groups is 4. The number of imide groups is 1. The number of ketones is 1. The molecular weight excluding hydrogens is 336 g/mol. The predicted octanol–water partition coefficient (Wildman–Crippen LogP) is 1.94. The molecule has 2 heterocycles. The van der Waals surface area contributed by atoms with E-state index in [2.05, 4.69) is 4.98 Å². The molecule has 2 amide bonds. The molecule has 7 heteroatoms. The third kappa shape index (κ3) is 2.87. The predicted molar refractivity (Wildman–Crippen MR) is 92.6 cm³/mol. The van der Waals surface area contributed by atoms with E-state index in [1.807, 2.05) is 12.2 Å². The first-order valence-electron chi connectivity index (χ1n) is 8.76. The molecule has 0 bridgehead atoms. The zero-order valence-corrected chi connectivity index (χ0v) is 15.1. The average molecular weight is 358 g/mol. The second-order valence-electron chi connectivity index (χ2n) is 6.69. The number of nitrogens with zero attached hydrogens (tertiary/aromatic N) is 1. The number of H-pyrrole nitrogens is 1. The Balaban J connectivity index is 1.86. The molecule has 2 aliphatic rings. The van der Waals surface area contributed by atoms with Crippen molar-refractivity contribution in [3.63, 3.8) is 0 Å². The molecule has 0 unspecified atom stereocenters. The molecule has 2 atom stereocenters. The van der Waals surface area contributed by atoms with Gasteiger partial charge >= 0.3 is 5.97 Å². The van der Waals surface area contributed by atoms with E-state index < -0.39 is 11.8 Å². The Hall–Kier alpha value is -2.70. The molecule has 1 saturated heterocycles. The normalized spacial score (nSPS) is 21.9. The number of rotatable bonds is 5. The SMILES string of the molecule is CCOC(=O)c1c(C)[nH]c(C)c1C(=O)CN1C(=O)[C@H]2CC=CC[C@@H]2C1=O. The van der Waals surface area contributed by atoms with Gasteiger partial charge in [0.05, 0.1) is 36.1 Å². The minimum atomic E-state index is -0.588. The van der Waals surface area contributed by atoms with Crippen LogP contribution < -0.4 is 0 Å². The number of fused-ring (bicyclic) bond motifs is 1. The fourth-order valence-electron chi connectivity index (χ4n) is 3.84. The number of Topliss-reactive ketones (excluding diaryl/α,β-unsaturated/α-hetero) is 1. The highest BCUT2D eigenvalue weighted by molar-refractivity contribution is 6.13. The van der Waals surface area contributed by atoms with Crippen LogP contribution in [0.4, 0.5) is 0 Å². The summed E-state index contributed by atoms with van der Waals surface area (Å²) in [5.41, 5.74) is 1.41. The Morgan fingerprint density at radius 2 is 1.62 bits per heavy atom. The smallest absolute Gasteiger partial charge is 0.340 e. The molecule has 138 valence electrons. The van der Waals surface area contributed by atoms with Crippen molar-refractivity contribution < 1.29 is 23.9 Å². The molecule has 0 radical (unpaired) electrons. The molecule has 0 saturated carbocycles. The number of esters is 1. The van der Waals surface area contributed by atoms with E-state index in [0.717, 1.165) is 4.90 Å². The highest BCUT2D eigenvalue weighted by Crippen LogP contribution is 2.35. The molecule has 1 aromatic rings. The third-order valence-corrected chi connectivity index (χ3v) is 5.03. The molecule has 26 heavy (non-hydrogen) atoms. The number of hydrogen-bond donors (Lipinski definition) is 1. The molecule has 1 aromatic heterocycles. The van der Waals surface area contributed by atoms with Crippen LogP contribution in [-0.2, 0) is 14.3 Å². The first-order valence-corrected chi connectivity index (χ1v) is 8.76. The van der Waals surface area contributed by atoms with E-state index in [1.54, 1.807) is 20.8 Å². The zero-order chi connectivity index (χ0) is 19.0. The molecule has 3 rings (SSSR count). The number of aromatic amines is 1. The van der Waals surface area contributed by atoms with Crippen molar-refractivity contribution in [2.75, 3.05) is 13.2 Å². The van der Waals surface area contributed by atoms with Crippen LogP contribution in [0.25, 0.3) is 0 Å². The summed E-state index contributed by atoms with van der Waals surface area (Å²) in [5, 5.41) is 0. The molecule has 7 nitrogen and oxygen atoms in total. The second-order valence-corrected chi connectivity index (χ2v) is 6.69. The van der Waals surface area contributed by atoms with Crippen molar-refractivity contribution in [1.82, 2.24) is 9.88 Å². The van der Waals surface area contributed by atoms with Crippen molar-refractivity contribution in [3.05, 3.63) is 34.7 Å². The number of hydrogen-bond acceptors (Lipinski definition) is 5. The quantitative estimate of drug-likeness (QED) is 0.375. The van der Waals surface area contributed by atoms with Crippen molar-refractivity contribution in [2.24, 2.45) is 11.8 Å². The van der Waals surface area contributed by atoms with Crippen LogP contribution in [0.1, 0.15) is 51.9 Å². The van der Waals surface area contributed by atoms with Gasteiger partial charge in [0.2, 0.25) is 11.8 Å². The van der Waals surface area contributed by atoms with E-state index in [9.17, 15) is 19.2 Å². The zero-order valence-electron chi connectivity index (χ0n) is 15.1. The largest absolute Gasteiger partial charge is 0.462 e. The maximum atomic E-state index is 12.9. The van der Waals surface area contributed by atoms with E-state index in [1.165, 1.54) is 0 Å². The molecule has 1 fully saturated rings. The summed E-state index contributed by atoms with van der Waals surface area (Å²) in [6, 6.07) is 0. The molecule has 1 N–H and O–H groups in total. The maximum absolute atomic E-state index is 12.9. The highest BCUT2D eigenvalue weighted by atomic mass is 16.5. The Morgan fingerprint density at radius 1 is 1.08 bits per heavy atom. The molecule has 0 aromatic carbocycles. The van der Waals surface area contributed by atoms with Crippen LogP contribution in [0.3, 0.4) is 0 Å². The minimum Gasteiger partial charge on any atom is -0.462 e. The van der Waals surface area contributed by atoms with Gasteiger partial charge in [-0.15, -0.1) is 0 Å². The van der Waals surface area contributed by atoms with Gasteiger partial charge in [0, 0.05) is 11.4 Å². The number of amides is 2. The van der Waals surface area contributed by atoms with Crippen LogP contribution in [0.15, 0.2) is 12.2 Å². The van der Waals surface area contributed by atoms with Gasteiger partial charge in [-0.1, -0.05) is 12.2 Å². The van der Waals surface area contributed by atoms with Gasteiger partial charge in [0.15, 0.2) is 5.78 Å². The van der Waals surface area contributed by atoms with Crippen molar-refractivity contribution in [1.29, 1.82) is 0 Å². The van der Waals surface area contributed by atoms with Crippen LogP contribution in [0.5, 0.6) is 0 Å². The summed E-state index contributed by atoms with van der Waals surface area (Å²) in [6.07, 6.45) is 4.85. The standard InChI is InChI=1S/C19H22N2O5/c1-4-26-19(25)16-11(3)20-10(2)15(16)14(22)9-21-17(23)12-7-5-6-8-13(12)18(21)24/h5-6,12-13,20H,4,7-9H2,1-3H3/t12-,13-/m0/s1. The van der Waals surface area contributed by atoms with Crippen molar-refractivity contribution >= 4 is 23.6 Å². The van der Waals surface area contributed by atoms with Gasteiger partial charge in [-0.25, -0.2) is 4.79 Å². The Kier molecular flexibility index (Phi) is 4.80. The fraction of sp³-hybridized carbons (Fsp3) is 0.474. The number of aromatic nitrogens is 1.